The quantitative estimate of drug-likeness (QED) is 0.668. The van der Waals surface area contributed by atoms with Crippen LogP contribution in [-0.2, 0) is 0 Å². The van der Waals surface area contributed by atoms with Crippen LogP contribution in [0, 0.1) is 13.8 Å². The average Bonchev–Trinajstić information content (AvgIpc) is 3.00. The van der Waals surface area contributed by atoms with Gasteiger partial charge in [-0.05, 0) is 38.8 Å². The van der Waals surface area contributed by atoms with Gasteiger partial charge in [-0.3, -0.25) is 4.98 Å². The monoisotopic (exact) mass is 283 g/mol. The number of anilines is 1. The van der Waals surface area contributed by atoms with Crippen LogP contribution in [0.2, 0.25) is 0 Å². The zero-order valence-electron chi connectivity index (χ0n) is 12.6. The zero-order chi connectivity index (χ0) is 14.8. The molecule has 0 saturated heterocycles. The molecule has 1 aliphatic rings. The number of hydrogen-bond donors (Lipinski definition) is 2. The molecule has 0 unspecified atom stereocenters. The normalized spacial score (nSPS) is 15.4. The smallest absolute Gasteiger partial charge is 0.161 e. The maximum absolute atomic E-state index is 5.57. The summed E-state index contributed by atoms with van der Waals surface area (Å²) in [6, 6.07) is 6.00. The summed E-state index contributed by atoms with van der Waals surface area (Å²) in [5.41, 5.74) is 6.70. The molecule has 0 atom stereocenters. The Kier molecular flexibility index (Phi) is 3.84. The van der Waals surface area contributed by atoms with E-state index in [1.54, 1.807) is 0 Å². The molecule has 1 saturated carbocycles. The largest absolute Gasteiger partial charge is 0.308 e. The summed E-state index contributed by atoms with van der Waals surface area (Å²) in [5, 5.41) is 0. The van der Waals surface area contributed by atoms with Gasteiger partial charge >= 0.3 is 0 Å². The summed E-state index contributed by atoms with van der Waals surface area (Å²) < 4.78 is 0. The van der Waals surface area contributed by atoms with Gasteiger partial charge in [-0.15, -0.1) is 0 Å². The van der Waals surface area contributed by atoms with Crippen LogP contribution in [0.25, 0.3) is 11.4 Å². The van der Waals surface area contributed by atoms with Gasteiger partial charge in [-0.25, -0.2) is 15.8 Å². The lowest BCUT2D eigenvalue weighted by Gasteiger charge is -2.12. The molecule has 5 heteroatoms. The maximum atomic E-state index is 5.57. The van der Waals surface area contributed by atoms with Gasteiger partial charge in [0, 0.05) is 34.6 Å². The van der Waals surface area contributed by atoms with Crippen LogP contribution >= 0.6 is 0 Å². The van der Waals surface area contributed by atoms with E-state index in [1.165, 1.54) is 25.7 Å². The van der Waals surface area contributed by atoms with E-state index in [2.05, 4.69) is 15.4 Å². The third kappa shape index (κ3) is 3.03. The summed E-state index contributed by atoms with van der Waals surface area (Å²) in [5.74, 6) is 7.50. The Bertz CT molecular complexity index is 627. The minimum Gasteiger partial charge on any atom is -0.308 e. The van der Waals surface area contributed by atoms with E-state index in [0.29, 0.717) is 11.7 Å². The number of hydrazine groups is 1. The molecule has 5 nitrogen and oxygen atoms in total. The van der Waals surface area contributed by atoms with Crippen molar-refractivity contribution in [3.05, 3.63) is 35.3 Å². The third-order valence-electron chi connectivity index (χ3n) is 4.01. The number of nitrogens with two attached hydrogens (primary N) is 1. The fraction of sp³-hybridized carbons (Fsp3) is 0.438. The van der Waals surface area contributed by atoms with E-state index >= 15 is 0 Å². The Balaban J connectivity index is 2.06. The molecule has 2 heterocycles. The van der Waals surface area contributed by atoms with Crippen LogP contribution in [-0.4, -0.2) is 15.0 Å². The Hall–Kier alpha value is -2.01. The highest BCUT2D eigenvalue weighted by Gasteiger charge is 2.20. The molecular weight excluding hydrogens is 262 g/mol. The van der Waals surface area contributed by atoms with Crippen LogP contribution in [0.15, 0.2) is 18.2 Å². The van der Waals surface area contributed by atoms with Crippen LogP contribution < -0.4 is 11.3 Å². The molecule has 1 fully saturated rings. The van der Waals surface area contributed by atoms with E-state index < -0.39 is 0 Å². The van der Waals surface area contributed by atoms with Crippen molar-refractivity contribution in [2.75, 3.05) is 5.43 Å². The van der Waals surface area contributed by atoms with Crippen molar-refractivity contribution < 1.29 is 0 Å². The van der Waals surface area contributed by atoms with E-state index in [-0.39, 0.29) is 0 Å². The van der Waals surface area contributed by atoms with Gasteiger partial charge in [0.1, 0.15) is 5.82 Å². The Morgan fingerprint density at radius 1 is 1.00 bits per heavy atom. The summed E-state index contributed by atoms with van der Waals surface area (Å²) in [6.45, 7) is 3.97. The topological polar surface area (TPSA) is 76.7 Å². The number of hydrogen-bond acceptors (Lipinski definition) is 5. The molecule has 21 heavy (non-hydrogen) atoms. The van der Waals surface area contributed by atoms with Crippen molar-refractivity contribution in [1.82, 2.24) is 15.0 Å². The van der Waals surface area contributed by atoms with Crippen molar-refractivity contribution in [1.29, 1.82) is 0 Å². The standard InChI is InChI=1S/C16H21N5/c1-10-7-13(8-11(2)18-10)16-19-14(9-15(20-16)21-17)12-5-3-4-6-12/h7-9,12H,3-6,17H2,1-2H3,(H,19,20,21). The van der Waals surface area contributed by atoms with Gasteiger partial charge in [-0.1, -0.05) is 12.8 Å². The van der Waals surface area contributed by atoms with Gasteiger partial charge in [-0.2, -0.15) is 0 Å². The van der Waals surface area contributed by atoms with Crippen molar-refractivity contribution in [2.45, 2.75) is 45.4 Å². The van der Waals surface area contributed by atoms with Crippen LogP contribution in [0.4, 0.5) is 5.82 Å². The van der Waals surface area contributed by atoms with Gasteiger partial charge in [0.15, 0.2) is 5.82 Å². The first kappa shape index (κ1) is 13.9. The second-order valence-electron chi connectivity index (χ2n) is 5.77. The second kappa shape index (κ2) is 5.77. The van der Waals surface area contributed by atoms with Crippen LogP contribution in [0.5, 0.6) is 0 Å². The summed E-state index contributed by atoms with van der Waals surface area (Å²) in [7, 11) is 0. The molecule has 1 aliphatic carbocycles. The SMILES string of the molecule is Cc1cc(-c2nc(NN)cc(C3CCCC3)n2)cc(C)n1. The summed E-state index contributed by atoms with van der Waals surface area (Å²) in [6.07, 6.45) is 4.97. The number of pyridine rings is 1. The lowest BCUT2D eigenvalue weighted by Crippen LogP contribution is -2.11. The number of aromatic nitrogens is 3. The molecule has 3 rings (SSSR count). The highest BCUT2D eigenvalue weighted by atomic mass is 15.3. The van der Waals surface area contributed by atoms with Crippen molar-refractivity contribution in [2.24, 2.45) is 5.84 Å². The Labute approximate surface area is 125 Å². The molecular formula is C16H21N5. The van der Waals surface area contributed by atoms with Gasteiger partial charge in [0.05, 0.1) is 0 Å². The number of rotatable bonds is 3. The van der Waals surface area contributed by atoms with Crippen LogP contribution in [0.1, 0.15) is 48.7 Å². The fourth-order valence-electron chi connectivity index (χ4n) is 3.06. The van der Waals surface area contributed by atoms with Gasteiger partial charge < -0.3 is 5.43 Å². The summed E-state index contributed by atoms with van der Waals surface area (Å²) >= 11 is 0. The lowest BCUT2D eigenvalue weighted by molar-refractivity contribution is 0.695. The Morgan fingerprint density at radius 3 is 2.29 bits per heavy atom. The van der Waals surface area contributed by atoms with Crippen molar-refractivity contribution in [3.8, 4) is 11.4 Å². The minimum atomic E-state index is 0.530. The van der Waals surface area contributed by atoms with E-state index in [1.807, 2.05) is 32.0 Å². The van der Waals surface area contributed by atoms with Crippen molar-refractivity contribution >= 4 is 5.82 Å². The predicted octanol–water partition coefficient (Wildman–Crippen LogP) is 3.10. The number of nitrogens with zero attached hydrogens (tertiary/aromatic N) is 3. The minimum absolute atomic E-state index is 0.530. The number of nitrogens with one attached hydrogen (secondary N) is 1. The van der Waals surface area contributed by atoms with E-state index in [0.717, 1.165) is 28.5 Å². The molecule has 0 aliphatic heterocycles. The molecule has 0 spiro atoms. The van der Waals surface area contributed by atoms with Gasteiger partial charge in [0.25, 0.3) is 0 Å². The van der Waals surface area contributed by atoms with E-state index in [4.69, 9.17) is 10.8 Å². The fourth-order valence-corrected chi connectivity index (χ4v) is 3.06. The first-order chi connectivity index (χ1) is 10.2. The van der Waals surface area contributed by atoms with Crippen LogP contribution in [0.3, 0.4) is 0 Å². The average molecular weight is 283 g/mol. The molecule has 0 amide bonds. The number of nitrogen functional groups attached to an aromatic ring is 1. The molecule has 0 bridgehead atoms. The molecule has 0 radical (unpaired) electrons. The Morgan fingerprint density at radius 2 is 1.67 bits per heavy atom. The molecule has 2 aromatic rings. The summed E-state index contributed by atoms with van der Waals surface area (Å²) in [4.78, 5) is 13.7. The van der Waals surface area contributed by atoms with Gasteiger partial charge in [0.2, 0.25) is 0 Å². The molecule has 0 aromatic carbocycles. The van der Waals surface area contributed by atoms with Crippen molar-refractivity contribution in [3.63, 3.8) is 0 Å². The first-order valence-electron chi connectivity index (χ1n) is 7.47. The number of aryl methyl sites for hydroxylation is 2. The highest BCUT2D eigenvalue weighted by Crippen LogP contribution is 2.34. The molecule has 3 N–H and O–H groups in total. The highest BCUT2D eigenvalue weighted by molar-refractivity contribution is 5.58. The maximum Gasteiger partial charge on any atom is 0.161 e. The first-order valence-corrected chi connectivity index (χ1v) is 7.47. The van der Waals surface area contributed by atoms with E-state index in [9.17, 15) is 0 Å². The second-order valence-corrected chi connectivity index (χ2v) is 5.77. The molecule has 110 valence electrons. The zero-order valence-corrected chi connectivity index (χ0v) is 12.6. The molecule has 2 aromatic heterocycles. The predicted molar refractivity (Wildman–Crippen MR) is 83.8 cm³/mol. The third-order valence-corrected chi connectivity index (χ3v) is 4.01. The lowest BCUT2D eigenvalue weighted by atomic mass is 10.0.